The number of pyridine rings is 2. The number of nitrogens with zero attached hydrogens (tertiary/aromatic N) is 8. The third-order valence-electron chi connectivity index (χ3n) is 6.15. The topological polar surface area (TPSA) is 63.7 Å². The normalized spacial score (nSPS) is 11.4. The van der Waals surface area contributed by atoms with Crippen LogP contribution in [-0.4, -0.2) is 28.2 Å². The molecule has 4 rings (SSSR count). The molecule has 0 N–H and O–H groups in total. The minimum atomic E-state index is 0.835. The van der Waals surface area contributed by atoms with E-state index < -0.39 is 0 Å². The van der Waals surface area contributed by atoms with E-state index in [-0.39, 0.29) is 0 Å². The Balaban J connectivity index is 1.33. The van der Waals surface area contributed by atoms with E-state index in [4.69, 9.17) is 0 Å². The fourth-order valence-electron chi connectivity index (χ4n) is 3.91. The van der Waals surface area contributed by atoms with Gasteiger partial charge < -0.3 is 9.80 Å². The molecule has 0 bridgehead atoms. The minimum Gasteiger partial charge on any atom is -0.378 e. The molecule has 0 fully saturated rings. The van der Waals surface area contributed by atoms with E-state index in [1.807, 2.05) is 113 Å². The molecule has 4 aromatic rings. The summed E-state index contributed by atoms with van der Waals surface area (Å²) in [5.74, 6) is 1.68. The Kier molecular flexibility index (Phi) is 9.23. The number of benzene rings is 2. The molecule has 0 amide bonds. The molecule has 0 aliphatic carbocycles. The first-order valence-electron chi connectivity index (χ1n) is 12.8. The predicted molar refractivity (Wildman–Crippen MR) is 152 cm³/mol. The fraction of sp³-hybridized carbons (Fsp3) is 0.267. The highest BCUT2D eigenvalue weighted by Gasteiger charge is 2.11. The second-order valence-corrected chi connectivity index (χ2v) is 9.43. The Morgan fingerprint density at radius 1 is 0.500 bits per heavy atom. The third-order valence-corrected chi connectivity index (χ3v) is 6.15. The number of hydrogen-bond acceptors (Lipinski definition) is 6. The van der Waals surface area contributed by atoms with Crippen molar-refractivity contribution in [3.63, 3.8) is 0 Å². The first kappa shape index (κ1) is 26.6. The molecule has 0 aliphatic heterocycles. The summed E-state index contributed by atoms with van der Waals surface area (Å²) in [5, 5.41) is 17.9. The molecule has 2 heterocycles. The van der Waals surface area contributed by atoms with Gasteiger partial charge in [-0.3, -0.25) is 0 Å². The maximum Gasteiger partial charge on any atom is 0.350 e. The van der Waals surface area contributed by atoms with Gasteiger partial charge in [0.2, 0.25) is 0 Å². The summed E-state index contributed by atoms with van der Waals surface area (Å²) >= 11 is 0. The third kappa shape index (κ3) is 7.52. The first-order chi connectivity index (χ1) is 18.5. The van der Waals surface area contributed by atoms with Crippen LogP contribution in [0.2, 0.25) is 0 Å². The summed E-state index contributed by atoms with van der Waals surface area (Å²) in [7, 11) is 8.10. The van der Waals surface area contributed by atoms with Crippen LogP contribution in [0, 0.1) is 0 Å². The van der Waals surface area contributed by atoms with Gasteiger partial charge in [0.05, 0.1) is 35.7 Å². The van der Waals surface area contributed by atoms with Crippen LogP contribution in [0.5, 0.6) is 0 Å². The summed E-state index contributed by atoms with van der Waals surface area (Å²) in [6, 6.07) is 28.1. The Morgan fingerprint density at radius 3 is 1.26 bits per heavy atom. The lowest BCUT2D eigenvalue weighted by molar-refractivity contribution is -0.695. The van der Waals surface area contributed by atoms with E-state index in [0.29, 0.717) is 0 Å². The molecule has 8 heteroatoms. The van der Waals surface area contributed by atoms with Crippen molar-refractivity contribution in [2.45, 2.75) is 25.9 Å². The molecule has 0 unspecified atom stereocenters. The van der Waals surface area contributed by atoms with Gasteiger partial charge in [-0.15, -0.1) is 0 Å². The van der Waals surface area contributed by atoms with Crippen LogP contribution in [0.3, 0.4) is 0 Å². The Hall–Kier alpha value is -4.46. The van der Waals surface area contributed by atoms with Crippen LogP contribution < -0.4 is 18.9 Å². The van der Waals surface area contributed by atoms with Gasteiger partial charge in [-0.1, -0.05) is 12.1 Å². The summed E-state index contributed by atoms with van der Waals surface area (Å²) < 4.78 is 4.29. The highest BCUT2D eigenvalue weighted by atomic mass is 15.2. The fourth-order valence-corrected chi connectivity index (χ4v) is 3.91. The van der Waals surface area contributed by atoms with E-state index >= 15 is 0 Å². The van der Waals surface area contributed by atoms with E-state index in [2.05, 4.69) is 51.8 Å². The van der Waals surface area contributed by atoms with Crippen molar-refractivity contribution >= 4 is 34.4 Å². The Labute approximate surface area is 225 Å². The highest BCUT2D eigenvalue weighted by molar-refractivity contribution is 5.52. The number of rotatable bonds is 11. The zero-order valence-corrected chi connectivity index (χ0v) is 22.6. The van der Waals surface area contributed by atoms with Crippen LogP contribution in [0.25, 0.3) is 0 Å². The first-order valence-corrected chi connectivity index (χ1v) is 12.8. The number of azo groups is 2. The molecule has 38 heavy (non-hydrogen) atoms. The maximum absolute atomic E-state index is 4.51. The number of anilines is 2. The number of aryl methyl sites for hydroxylation is 2. The van der Waals surface area contributed by atoms with Crippen molar-refractivity contribution in [3.8, 4) is 0 Å². The summed E-state index contributed by atoms with van der Waals surface area (Å²) in [6.07, 6.45) is 6.11. The summed E-state index contributed by atoms with van der Waals surface area (Å²) in [4.78, 5) is 4.13. The summed E-state index contributed by atoms with van der Waals surface area (Å²) in [5.41, 5.74) is 3.94. The monoisotopic (exact) mass is 508 g/mol. The van der Waals surface area contributed by atoms with Crippen molar-refractivity contribution in [1.82, 2.24) is 0 Å². The van der Waals surface area contributed by atoms with E-state index in [1.54, 1.807) is 0 Å². The average Bonchev–Trinajstić information content (AvgIpc) is 2.94. The van der Waals surface area contributed by atoms with E-state index in [0.717, 1.165) is 60.3 Å². The molecule has 0 radical (unpaired) electrons. The zero-order valence-electron chi connectivity index (χ0n) is 22.6. The molecule has 0 saturated heterocycles. The van der Waals surface area contributed by atoms with E-state index in [1.165, 1.54) is 0 Å². The van der Waals surface area contributed by atoms with Crippen molar-refractivity contribution in [3.05, 3.63) is 97.3 Å². The molecular formula is C30H36N8+2. The van der Waals surface area contributed by atoms with Gasteiger partial charge in [-0.05, 0) is 83.7 Å². The van der Waals surface area contributed by atoms with E-state index in [9.17, 15) is 0 Å². The second-order valence-electron chi connectivity index (χ2n) is 9.43. The van der Waals surface area contributed by atoms with Crippen LogP contribution in [0.15, 0.2) is 118 Å². The summed E-state index contributed by atoms with van der Waals surface area (Å²) in [6.45, 7) is 1.72. The average molecular weight is 509 g/mol. The van der Waals surface area contributed by atoms with Gasteiger partial charge in [0, 0.05) is 51.7 Å². The van der Waals surface area contributed by atoms with Gasteiger partial charge in [0.1, 0.15) is 11.4 Å². The van der Waals surface area contributed by atoms with Crippen molar-refractivity contribution in [2.75, 3.05) is 38.0 Å². The van der Waals surface area contributed by atoms with Crippen molar-refractivity contribution in [2.24, 2.45) is 20.5 Å². The molecule has 0 saturated carbocycles. The van der Waals surface area contributed by atoms with Crippen LogP contribution >= 0.6 is 0 Å². The standard InChI is InChI=1S/C30H36N8/c1-35(2)27-17-13-25(14-18-27)31-33-29-11-5-7-21-37(29)23-9-10-24-38-22-8-6-12-30(38)34-32-26-15-19-28(20-16-26)36(3)4/h5-8,11-22H,9-10,23-24H2,1-4H3/q+2. The van der Waals surface area contributed by atoms with Crippen molar-refractivity contribution < 1.29 is 9.13 Å². The van der Waals surface area contributed by atoms with Crippen molar-refractivity contribution in [1.29, 1.82) is 0 Å². The SMILES string of the molecule is CN(C)c1ccc(N=Nc2cccc[n+]2CCCC[n+]2ccccc2N=Nc2ccc(N(C)C)cc2)cc1. The van der Waals surface area contributed by atoms with Gasteiger partial charge in [0.25, 0.3) is 0 Å². The van der Waals surface area contributed by atoms with Crippen LogP contribution in [-0.2, 0) is 13.1 Å². The number of unbranched alkanes of at least 4 members (excludes halogenated alkanes) is 1. The maximum atomic E-state index is 4.51. The van der Waals surface area contributed by atoms with Gasteiger partial charge in [-0.2, -0.15) is 0 Å². The molecule has 2 aromatic heterocycles. The molecular weight excluding hydrogens is 472 g/mol. The highest BCUT2D eigenvalue weighted by Crippen LogP contribution is 2.21. The largest absolute Gasteiger partial charge is 0.378 e. The molecule has 0 spiro atoms. The number of hydrogen-bond donors (Lipinski definition) is 0. The predicted octanol–water partition coefficient (Wildman–Crippen LogP) is 6.70. The van der Waals surface area contributed by atoms with Gasteiger partial charge in [0.15, 0.2) is 0 Å². The van der Waals surface area contributed by atoms with Gasteiger partial charge >= 0.3 is 11.6 Å². The molecule has 8 nitrogen and oxygen atoms in total. The number of aromatic nitrogens is 2. The lowest BCUT2D eigenvalue weighted by Gasteiger charge is -2.11. The Bertz CT molecular complexity index is 1250. The molecule has 0 atom stereocenters. The molecule has 2 aromatic carbocycles. The Morgan fingerprint density at radius 2 is 0.895 bits per heavy atom. The lowest BCUT2D eigenvalue weighted by atomic mass is 10.3. The lowest BCUT2D eigenvalue weighted by Crippen LogP contribution is -2.36. The second kappa shape index (κ2) is 13.2. The molecule has 0 aliphatic rings. The smallest absolute Gasteiger partial charge is 0.350 e. The molecule has 194 valence electrons. The zero-order chi connectivity index (χ0) is 26.7. The quantitative estimate of drug-likeness (QED) is 0.128. The van der Waals surface area contributed by atoms with Gasteiger partial charge in [-0.25, -0.2) is 9.13 Å². The van der Waals surface area contributed by atoms with Crippen LogP contribution in [0.4, 0.5) is 34.4 Å². The minimum absolute atomic E-state index is 0.835. The van der Waals surface area contributed by atoms with Crippen LogP contribution in [0.1, 0.15) is 12.8 Å².